The van der Waals surface area contributed by atoms with Crippen molar-refractivity contribution in [2.45, 2.75) is 6.42 Å². The summed E-state index contributed by atoms with van der Waals surface area (Å²) in [6, 6.07) is 47.1. The molecule has 8 aromatic rings. The Morgan fingerprint density at radius 2 is 1.10 bits per heavy atom. The van der Waals surface area contributed by atoms with Crippen molar-refractivity contribution in [2.24, 2.45) is 7.05 Å². The molecule has 2 aromatic heterocycles. The molecule has 0 amide bonds. The highest BCUT2D eigenvalue weighted by Gasteiger charge is 2.19. The maximum Gasteiger partial charge on any atom is 0.0541 e. The molecule has 1 aliphatic carbocycles. The molecule has 0 spiro atoms. The average molecular weight is 511 g/mol. The summed E-state index contributed by atoms with van der Waals surface area (Å²) in [5.41, 5.74) is 14.3. The summed E-state index contributed by atoms with van der Waals surface area (Å²) in [7, 11) is 2.19. The Hall–Kier alpha value is -5.08. The topological polar surface area (TPSA) is 9.86 Å². The van der Waals surface area contributed by atoms with E-state index in [1.807, 2.05) is 0 Å². The number of hydrogen-bond donors (Lipinski definition) is 0. The van der Waals surface area contributed by atoms with Crippen molar-refractivity contribution in [1.82, 2.24) is 9.13 Å². The zero-order valence-electron chi connectivity index (χ0n) is 22.2. The van der Waals surface area contributed by atoms with E-state index in [1.54, 1.807) is 0 Å². The standard InChI is InChI=1S/C38H26N2/c1-39-35-19-15-25(24-14-17-30-27(20-24)21-26-8-2-3-9-29(26)30)22-34(35)33-18-16-28(23-38(33)39)40-36-12-6-4-10-31(36)32-11-5-7-13-37(32)40/h2-20,22-23H,21H2,1H3. The second-order valence-corrected chi connectivity index (χ2v) is 11.1. The van der Waals surface area contributed by atoms with Crippen molar-refractivity contribution >= 4 is 43.6 Å². The molecule has 0 saturated heterocycles. The fourth-order valence-electron chi connectivity index (χ4n) is 7.04. The van der Waals surface area contributed by atoms with E-state index < -0.39 is 0 Å². The van der Waals surface area contributed by atoms with E-state index in [0.717, 1.165) is 6.42 Å². The normalized spacial score (nSPS) is 12.5. The summed E-state index contributed by atoms with van der Waals surface area (Å²) in [5.74, 6) is 0. The summed E-state index contributed by atoms with van der Waals surface area (Å²) in [6.07, 6.45) is 1.02. The van der Waals surface area contributed by atoms with Gasteiger partial charge in [-0.1, -0.05) is 91.0 Å². The molecule has 0 saturated carbocycles. The minimum absolute atomic E-state index is 1.02. The Balaban J connectivity index is 1.20. The van der Waals surface area contributed by atoms with Crippen LogP contribution in [0.5, 0.6) is 0 Å². The molecular formula is C38H26N2. The van der Waals surface area contributed by atoms with Crippen LogP contribution in [0, 0.1) is 0 Å². The van der Waals surface area contributed by atoms with Gasteiger partial charge in [-0.25, -0.2) is 0 Å². The third-order valence-electron chi connectivity index (χ3n) is 8.96. The molecule has 0 bridgehead atoms. The number of fused-ring (bicyclic) bond motifs is 9. The number of nitrogens with zero attached hydrogens (tertiary/aromatic N) is 2. The quantitative estimate of drug-likeness (QED) is 0.219. The maximum atomic E-state index is 2.40. The molecular weight excluding hydrogens is 484 g/mol. The highest BCUT2D eigenvalue weighted by Crippen LogP contribution is 2.40. The van der Waals surface area contributed by atoms with Gasteiger partial charge in [0.05, 0.1) is 16.6 Å². The summed E-state index contributed by atoms with van der Waals surface area (Å²) in [4.78, 5) is 0. The van der Waals surface area contributed by atoms with Gasteiger partial charge in [0.1, 0.15) is 0 Å². The van der Waals surface area contributed by atoms with Crippen LogP contribution in [0.25, 0.3) is 71.6 Å². The van der Waals surface area contributed by atoms with E-state index in [4.69, 9.17) is 0 Å². The van der Waals surface area contributed by atoms with E-state index >= 15 is 0 Å². The SMILES string of the molecule is Cn1c2ccc(-c3ccc4c(c3)Cc3ccccc3-4)cc2c2ccc(-n3c4ccccc4c4ccccc43)cc21. The molecule has 188 valence electrons. The van der Waals surface area contributed by atoms with Crippen LogP contribution < -0.4 is 0 Å². The predicted octanol–water partition coefficient (Wildman–Crippen LogP) is 9.67. The number of aryl methyl sites for hydroxylation is 1. The second kappa shape index (κ2) is 7.97. The summed E-state index contributed by atoms with van der Waals surface area (Å²) < 4.78 is 4.74. The number of hydrogen-bond acceptors (Lipinski definition) is 0. The number of para-hydroxylation sites is 2. The van der Waals surface area contributed by atoms with E-state index in [2.05, 4.69) is 144 Å². The van der Waals surface area contributed by atoms with Crippen LogP contribution in [-0.4, -0.2) is 9.13 Å². The van der Waals surface area contributed by atoms with Crippen molar-refractivity contribution in [2.75, 3.05) is 0 Å². The fourth-order valence-corrected chi connectivity index (χ4v) is 7.04. The van der Waals surface area contributed by atoms with Crippen LogP contribution in [0.2, 0.25) is 0 Å². The predicted molar refractivity (Wildman–Crippen MR) is 168 cm³/mol. The van der Waals surface area contributed by atoms with Crippen LogP contribution in [0.15, 0.2) is 127 Å². The first-order valence-electron chi connectivity index (χ1n) is 14.0. The Morgan fingerprint density at radius 1 is 0.450 bits per heavy atom. The van der Waals surface area contributed by atoms with E-state index in [0.29, 0.717) is 0 Å². The molecule has 0 N–H and O–H groups in total. The fraction of sp³-hybridized carbons (Fsp3) is 0.0526. The summed E-state index contributed by atoms with van der Waals surface area (Å²) in [6.45, 7) is 0. The van der Waals surface area contributed by atoms with Gasteiger partial charge in [0, 0.05) is 39.8 Å². The number of rotatable bonds is 2. The Kier molecular flexibility index (Phi) is 4.34. The van der Waals surface area contributed by atoms with Gasteiger partial charge in [-0.3, -0.25) is 0 Å². The van der Waals surface area contributed by atoms with Crippen LogP contribution in [-0.2, 0) is 13.5 Å². The van der Waals surface area contributed by atoms with Gasteiger partial charge in [-0.2, -0.15) is 0 Å². The Bertz CT molecular complexity index is 2260. The van der Waals surface area contributed by atoms with Gasteiger partial charge in [0.2, 0.25) is 0 Å². The lowest BCUT2D eigenvalue weighted by Crippen LogP contribution is -1.94. The van der Waals surface area contributed by atoms with Crippen molar-refractivity contribution in [3.63, 3.8) is 0 Å². The van der Waals surface area contributed by atoms with Gasteiger partial charge in [-0.15, -0.1) is 0 Å². The lowest BCUT2D eigenvalue weighted by molar-refractivity contribution is 1.01. The van der Waals surface area contributed by atoms with Crippen LogP contribution in [0.3, 0.4) is 0 Å². The molecule has 0 unspecified atom stereocenters. The highest BCUT2D eigenvalue weighted by molar-refractivity contribution is 6.12. The van der Waals surface area contributed by atoms with Gasteiger partial charge in [0.15, 0.2) is 0 Å². The largest absolute Gasteiger partial charge is 0.344 e. The van der Waals surface area contributed by atoms with E-state index in [9.17, 15) is 0 Å². The highest BCUT2D eigenvalue weighted by atomic mass is 15.0. The average Bonchev–Trinajstić information content (AvgIpc) is 3.64. The van der Waals surface area contributed by atoms with Crippen LogP contribution >= 0.6 is 0 Å². The molecule has 1 aliphatic rings. The first-order chi connectivity index (χ1) is 19.7. The first kappa shape index (κ1) is 21.8. The second-order valence-electron chi connectivity index (χ2n) is 11.1. The Morgan fingerprint density at radius 3 is 1.93 bits per heavy atom. The van der Waals surface area contributed by atoms with Crippen molar-refractivity contribution in [3.05, 3.63) is 139 Å². The number of aromatic nitrogens is 2. The van der Waals surface area contributed by atoms with Crippen molar-refractivity contribution in [3.8, 4) is 27.9 Å². The van der Waals surface area contributed by atoms with E-state index in [1.165, 1.54) is 82.7 Å². The molecule has 0 radical (unpaired) electrons. The minimum Gasteiger partial charge on any atom is -0.344 e. The van der Waals surface area contributed by atoms with Gasteiger partial charge >= 0.3 is 0 Å². The van der Waals surface area contributed by atoms with Crippen molar-refractivity contribution in [1.29, 1.82) is 0 Å². The minimum atomic E-state index is 1.02. The molecule has 2 heteroatoms. The van der Waals surface area contributed by atoms with Crippen LogP contribution in [0.4, 0.5) is 0 Å². The number of benzene rings is 6. The summed E-state index contributed by atoms with van der Waals surface area (Å²) >= 11 is 0. The van der Waals surface area contributed by atoms with Gasteiger partial charge in [-0.05, 0) is 76.2 Å². The molecule has 9 rings (SSSR count). The Labute approximate surface area is 232 Å². The molecule has 6 aromatic carbocycles. The molecule has 40 heavy (non-hydrogen) atoms. The zero-order valence-corrected chi connectivity index (χ0v) is 22.2. The third-order valence-corrected chi connectivity index (χ3v) is 8.96. The summed E-state index contributed by atoms with van der Waals surface area (Å²) in [5, 5.41) is 5.17. The first-order valence-corrected chi connectivity index (χ1v) is 14.0. The third kappa shape index (κ3) is 2.93. The van der Waals surface area contributed by atoms with Gasteiger partial charge in [0.25, 0.3) is 0 Å². The smallest absolute Gasteiger partial charge is 0.0541 e. The lowest BCUT2D eigenvalue weighted by atomic mass is 9.98. The van der Waals surface area contributed by atoms with E-state index in [-0.39, 0.29) is 0 Å². The monoisotopic (exact) mass is 510 g/mol. The lowest BCUT2D eigenvalue weighted by Gasteiger charge is -2.09. The van der Waals surface area contributed by atoms with Crippen molar-refractivity contribution < 1.29 is 0 Å². The zero-order chi connectivity index (χ0) is 26.4. The molecule has 2 nitrogen and oxygen atoms in total. The maximum absolute atomic E-state index is 2.40. The van der Waals surface area contributed by atoms with Crippen LogP contribution in [0.1, 0.15) is 11.1 Å². The molecule has 2 heterocycles. The molecule has 0 fully saturated rings. The molecule has 0 atom stereocenters. The molecule has 0 aliphatic heterocycles. The van der Waals surface area contributed by atoms with Gasteiger partial charge < -0.3 is 9.13 Å².